The number of nitrogens with one attached hydrogen (secondary N) is 1. The van der Waals surface area contributed by atoms with Gasteiger partial charge in [0.2, 0.25) is 5.91 Å². The van der Waals surface area contributed by atoms with Gasteiger partial charge >= 0.3 is 5.97 Å². The molecule has 1 aliphatic heterocycles. The van der Waals surface area contributed by atoms with Crippen molar-refractivity contribution in [2.45, 2.75) is 19.8 Å². The van der Waals surface area contributed by atoms with Crippen LogP contribution in [0.1, 0.15) is 28.7 Å². The highest BCUT2D eigenvalue weighted by Crippen LogP contribution is 2.23. The summed E-state index contributed by atoms with van der Waals surface area (Å²) in [6, 6.07) is 3.53. The summed E-state index contributed by atoms with van der Waals surface area (Å²) < 4.78 is 0. The van der Waals surface area contributed by atoms with Gasteiger partial charge in [0, 0.05) is 18.5 Å². The number of carbonyl (C=O) groups excluding carboxylic acids is 2. The number of piperidine rings is 1. The highest BCUT2D eigenvalue weighted by atomic mass is 32.1. The quantitative estimate of drug-likeness (QED) is 0.813. The van der Waals surface area contributed by atoms with Crippen LogP contribution in [0.5, 0.6) is 0 Å². The van der Waals surface area contributed by atoms with Crippen LogP contribution < -0.4 is 5.32 Å². The number of aromatic nitrogens is 1. The van der Waals surface area contributed by atoms with E-state index in [9.17, 15) is 19.5 Å². The molecule has 0 bridgehead atoms. The van der Waals surface area contributed by atoms with E-state index in [0.717, 1.165) is 0 Å². The monoisotopic (exact) mass is 393 g/mol. The van der Waals surface area contributed by atoms with E-state index in [1.54, 1.807) is 22.4 Å². The van der Waals surface area contributed by atoms with Crippen molar-refractivity contribution in [2.24, 2.45) is 11.8 Å². The van der Waals surface area contributed by atoms with Crippen molar-refractivity contribution >= 4 is 45.6 Å². The Labute approximate surface area is 158 Å². The minimum atomic E-state index is -0.860. The minimum Gasteiger partial charge on any atom is -0.481 e. The molecular weight excluding hydrogens is 374 g/mol. The summed E-state index contributed by atoms with van der Waals surface area (Å²) in [4.78, 5) is 42.3. The largest absolute Gasteiger partial charge is 0.481 e. The van der Waals surface area contributed by atoms with E-state index in [1.807, 2.05) is 12.3 Å². The number of thiazole rings is 1. The van der Waals surface area contributed by atoms with E-state index >= 15 is 0 Å². The predicted molar refractivity (Wildman–Crippen MR) is 99.6 cm³/mol. The average Bonchev–Trinajstić information content (AvgIpc) is 3.26. The number of carboxylic acid groups (broad SMARTS) is 1. The van der Waals surface area contributed by atoms with Crippen LogP contribution in [0.2, 0.25) is 0 Å². The van der Waals surface area contributed by atoms with E-state index in [4.69, 9.17) is 0 Å². The smallest absolute Gasteiger partial charge is 0.308 e. The standard InChI is InChI=1S/C17H19N3O4S2/c1-10-5-11(16(23)24)8-20(7-10)14(21)6-12-9-26-17(18-12)19-15(22)13-3-2-4-25-13/h2-4,9-11H,5-8H2,1H3,(H,23,24)(H,18,19,22). The zero-order valence-electron chi connectivity index (χ0n) is 14.2. The molecule has 1 saturated heterocycles. The van der Waals surface area contributed by atoms with Gasteiger partial charge in [0.1, 0.15) is 0 Å². The van der Waals surface area contributed by atoms with Gasteiger partial charge in [-0.15, -0.1) is 22.7 Å². The second kappa shape index (κ2) is 7.96. The van der Waals surface area contributed by atoms with Crippen molar-refractivity contribution in [1.82, 2.24) is 9.88 Å². The van der Waals surface area contributed by atoms with Gasteiger partial charge in [-0.05, 0) is 23.8 Å². The van der Waals surface area contributed by atoms with Crippen molar-refractivity contribution in [1.29, 1.82) is 0 Å². The second-order valence-corrected chi connectivity index (χ2v) is 8.23. The van der Waals surface area contributed by atoms with Crippen LogP contribution in [0, 0.1) is 11.8 Å². The third-order valence-electron chi connectivity index (χ3n) is 4.21. The van der Waals surface area contributed by atoms with Crippen molar-refractivity contribution in [3.05, 3.63) is 33.5 Å². The zero-order valence-corrected chi connectivity index (χ0v) is 15.8. The Balaban J connectivity index is 1.59. The van der Waals surface area contributed by atoms with Crippen molar-refractivity contribution in [2.75, 3.05) is 18.4 Å². The topological polar surface area (TPSA) is 99.6 Å². The van der Waals surface area contributed by atoms with Crippen molar-refractivity contribution in [3.63, 3.8) is 0 Å². The SMILES string of the molecule is CC1CC(C(=O)O)CN(C(=O)Cc2csc(NC(=O)c3cccs3)n2)C1. The zero-order chi connectivity index (χ0) is 18.7. The van der Waals surface area contributed by atoms with Crippen LogP contribution in [-0.2, 0) is 16.0 Å². The van der Waals surface area contributed by atoms with E-state index in [2.05, 4.69) is 10.3 Å². The fraction of sp³-hybridized carbons (Fsp3) is 0.412. The summed E-state index contributed by atoms with van der Waals surface area (Å²) in [7, 11) is 0. The number of anilines is 1. The van der Waals surface area contributed by atoms with Crippen molar-refractivity contribution < 1.29 is 19.5 Å². The Morgan fingerprint density at radius 1 is 1.35 bits per heavy atom. The number of thiophene rings is 1. The van der Waals surface area contributed by atoms with Gasteiger partial charge in [0.05, 0.1) is 22.9 Å². The number of carbonyl (C=O) groups is 3. The molecule has 2 unspecified atom stereocenters. The van der Waals surface area contributed by atoms with E-state index < -0.39 is 11.9 Å². The highest BCUT2D eigenvalue weighted by molar-refractivity contribution is 7.14. The first-order chi connectivity index (χ1) is 12.4. The Bertz CT molecular complexity index is 803. The third kappa shape index (κ3) is 4.47. The van der Waals surface area contributed by atoms with Gasteiger partial charge in [0.15, 0.2) is 5.13 Å². The summed E-state index contributed by atoms with van der Waals surface area (Å²) >= 11 is 2.61. The molecule has 0 aliphatic carbocycles. The fourth-order valence-corrected chi connectivity index (χ4v) is 4.34. The first kappa shape index (κ1) is 18.5. The molecule has 2 atom stereocenters. The van der Waals surface area contributed by atoms with Crippen LogP contribution in [-0.4, -0.2) is 45.9 Å². The molecule has 138 valence electrons. The lowest BCUT2D eigenvalue weighted by Crippen LogP contribution is -2.46. The van der Waals surface area contributed by atoms with E-state index in [-0.39, 0.29) is 30.7 Å². The molecule has 2 amide bonds. The molecule has 26 heavy (non-hydrogen) atoms. The van der Waals surface area contributed by atoms with Gasteiger partial charge in [-0.1, -0.05) is 13.0 Å². The average molecular weight is 393 g/mol. The number of hydrogen-bond donors (Lipinski definition) is 2. The number of carboxylic acids is 1. The van der Waals surface area contributed by atoms with Crippen LogP contribution in [0.15, 0.2) is 22.9 Å². The molecule has 0 saturated carbocycles. The van der Waals surface area contributed by atoms with Crippen molar-refractivity contribution in [3.8, 4) is 0 Å². The van der Waals surface area contributed by atoms with Gasteiger partial charge in [-0.25, -0.2) is 4.98 Å². The summed E-state index contributed by atoms with van der Waals surface area (Å²) in [5, 5.41) is 16.0. The molecule has 0 radical (unpaired) electrons. The number of amides is 2. The third-order valence-corrected chi connectivity index (χ3v) is 5.89. The molecule has 3 rings (SSSR count). The lowest BCUT2D eigenvalue weighted by molar-refractivity contribution is -0.146. The molecule has 0 aromatic carbocycles. The molecule has 0 spiro atoms. The first-order valence-electron chi connectivity index (χ1n) is 8.22. The molecule has 2 aromatic heterocycles. The van der Waals surface area contributed by atoms with Gasteiger partial charge in [-0.3, -0.25) is 19.7 Å². The Morgan fingerprint density at radius 2 is 2.15 bits per heavy atom. The minimum absolute atomic E-state index is 0.102. The van der Waals surface area contributed by atoms with Crippen LogP contribution in [0.3, 0.4) is 0 Å². The Kier molecular flexibility index (Phi) is 5.67. The summed E-state index contributed by atoms with van der Waals surface area (Å²) in [6.07, 6.45) is 0.694. The molecule has 1 fully saturated rings. The highest BCUT2D eigenvalue weighted by Gasteiger charge is 2.32. The lowest BCUT2D eigenvalue weighted by Gasteiger charge is -2.34. The predicted octanol–water partition coefficient (Wildman–Crippen LogP) is 2.57. The molecule has 2 N–H and O–H groups in total. The van der Waals surface area contributed by atoms with Gasteiger partial charge in [-0.2, -0.15) is 0 Å². The fourth-order valence-electron chi connectivity index (χ4n) is 3.01. The van der Waals surface area contributed by atoms with Gasteiger partial charge < -0.3 is 10.0 Å². The first-order valence-corrected chi connectivity index (χ1v) is 9.98. The number of rotatable bonds is 5. The van der Waals surface area contributed by atoms with E-state index in [1.165, 1.54) is 22.7 Å². The maximum atomic E-state index is 12.5. The second-order valence-electron chi connectivity index (χ2n) is 6.43. The summed E-state index contributed by atoms with van der Waals surface area (Å²) in [5.41, 5.74) is 0.576. The normalized spacial score (nSPS) is 20.0. The molecule has 1 aliphatic rings. The maximum Gasteiger partial charge on any atom is 0.308 e. The van der Waals surface area contributed by atoms with Crippen LogP contribution in [0.25, 0.3) is 0 Å². The Hall–Kier alpha value is -2.26. The molecule has 7 nitrogen and oxygen atoms in total. The molecular formula is C17H19N3O4S2. The number of likely N-dealkylation sites (tertiary alicyclic amines) is 1. The Morgan fingerprint density at radius 3 is 2.85 bits per heavy atom. The maximum absolute atomic E-state index is 12.5. The molecule has 2 aromatic rings. The molecule has 3 heterocycles. The molecule has 9 heteroatoms. The number of nitrogens with zero attached hydrogens (tertiary/aromatic N) is 2. The number of aliphatic carboxylic acids is 1. The summed E-state index contributed by atoms with van der Waals surface area (Å²) in [5.74, 6) is -1.57. The number of hydrogen-bond acceptors (Lipinski definition) is 6. The summed E-state index contributed by atoms with van der Waals surface area (Å²) in [6.45, 7) is 2.76. The van der Waals surface area contributed by atoms with Crippen LogP contribution >= 0.6 is 22.7 Å². The van der Waals surface area contributed by atoms with Gasteiger partial charge in [0.25, 0.3) is 5.91 Å². The van der Waals surface area contributed by atoms with Crippen LogP contribution in [0.4, 0.5) is 5.13 Å². The van der Waals surface area contributed by atoms with E-state index in [0.29, 0.717) is 28.7 Å². The lowest BCUT2D eigenvalue weighted by atomic mass is 9.90.